The molecule has 0 saturated heterocycles. The minimum absolute atomic E-state index is 0.0899. The van der Waals surface area contributed by atoms with Gasteiger partial charge in [-0.15, -0.1) is 0 Å². The second-order valence-electron chi connectivity index (χ2n) is 25.6. The first kappa shape index (κ1) is 81.7. The summed E-state index contributed by atoms with van der Waals surface area (Å²) in [5, 5.41) is 83.1. The minimum atomic E-state index is -1.38. The van der Waals surface area contributed by atoms with Crippen LogP contribution in [0.2, 0.25) is 0 Å². The van der Waals surface area contributed by atoms with Crippen molar-refractivity contribution >= 4 is 47.8 Å². The van der Waals surface area contributed by atoms with Gasteiger partial charge < -0.3 is 78.7 Å². The molecule has 0 amide bonds. The van der Waals surface area contributed by atoms with Crippen molar-refractivity contribution in [3.63, 3.8) is 0 Å². The Kier molecular flexibility index (Phi) is 36.1. The Morgan fingerprint density at radius 1 is 0.220 bits per heavy atom. The maximum Gasteiger partial charge on any atom is 0.341 e. The van der Waals surface area contributed by atoms with Crippen molar-refractivity contribution in [2.24, 2.45) is 0 Å². The number of rotatable bonds is 52. The molecule has 4 aromatic rings. The summed E-state index contributed by atoms with van der Waals surface area (Å²) in [7, 11) is 0. The summed E-state index contributed by atoms with van der Waals surface area (Å²) in [6.45, 7) is 0.951. The molecule has 0 fully saturated rings. The number of carbonyl (C=O) groups is 8. The third-order valence-corrected chi connectivity index (χ3v) is 17.8. The molecule has 5 rings (SSSR count). The van der Waals surface area contributed by atoms with Crippen LogP contribution in [0.25, 0.3) is 0 Å². The standard InChI is InChI=1S/C76H104O24/c1-5-9-13-17-21-25-29-49-53-33-55(63(95-43-71(81)82)37-61(53)93-41-69(77)78)50(30-26-22-18-14-10-6-2)57-35-59(67(99-47-75(89)90)39-65(57)97-45-73(85)86)52(32-28-24-20-16-12-8-4)60-36-58(66(98-46-74(87)88)40-68(60)100-48-76(91)92)51(31-27-23-19-15-11-7-3)56-34-54(49)62(94-42-70(79)80)38-64(56)96-44-72(83)84/h33-40,49-52H,5-32,41-48H2,1-4H3,(H,77,78)(H,79,80)(H,81,82)(H,83,84)(H,85,86)(H,87,88)(H,89,90)(H,91,92). The lowest BCUT2D eigenvalue weighted by Gasteiger charge is -2.32. The monoisotopic (exact) mass is 1400 g/mol. The molecule has 552 valence electrons. The summed E-state index contributed by atoms with van der Waals surface area (Å²) < 4.78 is 50.4. The quantitative estimate of drug-likeness (QED) is 0.0190. The first-order chi connectivity index (χ1) is 48.1. The van der Waals surface area contributed by atoms with Gasteiger partial charge >= 0.3 is 47.8 Å². The highest BCUT2D eigenvalue weighted by atomic mass is 16.5. The molecule has 0 radical (unpaired) electrons. The zero-order valence-corrected chi connectivity index (χ0v) is 58.5. The van der Waals surface area contributed by atoms with Crippen molar-refractivity contribution in [1.82, 2.24) is 0 Å². The fourth-order valence-corrected chi connectivity index (χ4v) is 13.1. The van der Waals surface area contributed by atoms with Gasteiger partial charge in [0.1, 0.15) is 46.0 Å². The molecule has 0 aromatic heterocycles. The second kappa shape index (κ2) is 44.2. The predicted molar refractivity (Wildman–Crippen MR) is 370 cm³/mol. The fraction of sp³-hybridized carbons (Fsp3) is 0.579. The smallest absolute Gasteiger partial charge is 0.341 e. The predicted octanol–water partition coefficient (Wildman–Crippen LogP) is 15.2. The average Bonchev–Trinajstić information content (AvgIpc) is 0.750. The Hall–Kier alpha value is -8.96. The van der Waals surface area contributed by atoms with E-state index in [4.69, 9.17) is 37.9 Å². The van der Waals surface area contributed by atoms with E-state index in [-0.39, 0.29) is 116 Å². The summed E-state index contributed by atoms with van der Waals surface area (Å²) in [5.41, 5.74) is 2.29. The minimum Gasteiger partial charge on any atom is -0.481 e. The summed E-state index contributed by atoms with van der Waals surface area (Å²) >= 11 is 0. The Morgan fingerprint density at radius 2 is 0.350 bits per heavy atom. The van der Waals surface area contributed by atoms with Crippen molar-refractivity contribution in [3.05, 3.63) is 93.0 Å². The first-order valence-electron chi connectivity index (χ1n) is 35.6. The van der Waals surface area contributed by atoms with E-state index in [1.54, 1.807) is 24.3 Å². The zero-order chi connectivity index (χ0) is 72.9. The number of fused-ring (bicyclic) bond motifs is 8. The zero-order valence-electron chi connectivity index (χ0n) is 58.5. The lowest BCUT2D eigenvalue weighted by molar-refractivity contribution is -0.140. The van der Waals surface area contributed by atoms with Crippen LogP contribution in [-0.4, -0.2) is 141 Å². The van der Waals surface area contributed by atoms with Crippen LogP contribution in [-0.2, 0) is 38.4 Å². The summed E-state index contributed by atoms with van der Waals surface area (Å²) in [4.78, 5) is 102. The SMILES string of the molecule is CCCCCCCCC1c2cc(c(OCC(=O)O)cc2OCC(=O)O)C(CCCCCCCC)c2cc(c(OCC(=O)O)cc2OCC(=O)O)C(CCCCCCCC)c2cc(c(OCC(=O)O)cc2OCC(=O)O)C(CCCCCCCC)c2cc1c(OCC(=O)O)cc2OCC(=O)O. The van der Waals surface area contributed by atoms with E-state index in [1.165, 1.54) is 24.3 Å². The molecule has 0 unspecified atom stereocenters. The average molecular weight is 1400 g/mol. The van der Waals surface area contributed by atoms with E-state index >= 15 is 0 Å². The Labute approximate surface area is 585 Å². The number of benzene rings is 4. The molecule has 0 spiro atoms. The molecule has 0 atom stereocenters. The normalized spacial score (nSPS) is 14.7. The van der Waals surface area contributed by atoms with Gasteiger partial charge in [-0.3, -0.25) is 0 Å². The molecule has 0 saturated carbocycles. The third kappa shape index (κ3) is 27.3. The number of hydrogen-bond donors (Lipinski definition) is 8. The molecule has 24 heteroatoms. The molecule has 1 aliphatic rings. The molecular weight excluding hydrogens is 1300 g/mol. The maximum atomic E-state index is 12.8. The van der Waals surface area contributed by atoms with Gasteiger partial charge in [-0.25, -0.2) is 38.4 Å². The van der Waals surface area contributed by atoms with Gasteiger partial charge in [0.2, 0.25) is 0 Å². The highest BCUT2D eigenvalue weighted by Gasteiger charge is 2.36. The van der Waals surface area contributed by atoms with E-state index in [2.05, 4.69) is 27.7 Å². The van der Waals surface area contributed by atoms with Crippen LogP contribution >= 0.6 is 0 Å². The van der Waals surface area contributed by atoms with Gasteiger partial charge in [0.25, 0.3) is 0 Å². The molecular formula is C76H104O24. The lowest BCUT2D eigenvalue weighted by Crippen LogP contribution is -2.20. The van der Waals surface area contributed by atoms with Gasteiger partial charge in [-0.1, -0.05) is 182 Å². The largest absolute Gasteiger partial charge is 0.481 e. The van der Waals surface area contributed by atoms with E-state index in [9.17, 15) is 79.2 Å². The van der Waals surface area contributed by atoms with Crippen LogP contribution in [0.15, 0.2) is 48.5 Å². The molecule has 8 N–H and O–H groups in total. The molecule has 0 aliphatic heterocycles. The molecule has 1 aliphatic carbocycles. The topological polar surface area (TPSA) is 372 Å². The number of unbranched alkanes of at least 4 members (excludes halogenated alkanes) is 20. The highest BCUT2D eigenvalue weighted by Crippen LogP contribution is 2.54. The molecule has 100 heavy (non-hydrogen) atoms. The Balaban J connectivity index is 2.27. The number of carboxylic acid groups (broad SMARTS) is 8. The van der Waals surface area contributed by atoms with Crippen molar-refractivity contribution < 1.29 is 117 Å². The van der Waals surface area contributed by atoms with Gasteiger partial charge in [0.15, 0.2) is 52.9 Å². The molecule has 0 heterocycles. The second-order valence-corrected chi connectivity index (χ2v) is 25.6. The van der Waals surface area contributed by atoms with Crippen LogP contribution in [0.4, 0.5) is 0 Å². The van der Waals surface area contributed by atoms with Crippen LogP contribution in [0.5, 0.6) is 46.0 Å². The number of hydrogen-bond acceptors (Lipinski definition) is 16. The number of ether oxygens (including phenoxy) is 8. The Bertz CT molecular complexity index is 2710. The van der Waals surface area contributed by atoms with Crippen LogP contribution in [0.3, 0.4) is 0 Å². The summed E-state index contributed by atoms with van der Waals surface area (Å²) in [6.07, 6.45) is 19.8. The van der Waals surface area contributed by atoms with Crippen LogP contribution in [0, 0.1) is 0 Å². The van der Waals surface area contributed by atoms with Crippen molar-refractivity contribution in [3.8, 4) is 46.0 Å². The van der Waals surface area contributed by atoms with Crippen LogP contribution in [0.1, 0.15) is 276 Å². The fourth-order valence-electron chi connectivity index (χ4n) is 13.1. The van der Waals surface area contributed by atoms with E-state index in [1.807, 2.05) is 0 Å². The van der Waals surface area contributed by atoms with Gasteiger partial charge in [-0.05, 0) is 49.9 Å². The number of aliphatic carboxylic acids is 8. The highest BCUT2D eigenvalue weighted by molar-refractivity contribution is 5.74. The van der Waals surface area contributed by atoms with E-state index < -0.39 is 124 Å². The molecule has 4 aromatic carbocycles. The van der Waals surface area contributed by atoms with E-state index in [0.29, 0.717) is 51.4 Å². The van der Waals surface area contributed by atoms with E-state index in [0.717, 1.165) is 103 Å². The molecule has 24 nitrogen and oxygen atoms in total. The van der Waals surface area contributed by atoms with Crippen molar-refractivity contribution in [1.29, 1.82) is 0 Å². The van der Waals surface area contributed by atoms with Gasteiger partial charge in [-0.2, -0.15) is 0 Å². The Morgan fingerprint density at radius 3 is 0.480 bits per heavy atom. The van der Waals surface area contributed by atoms with Crippen LogP contribution < -0.4 is 37.9 Å². The van der Waals surface area contributed by atoms with Crippen molar-refractivity contribution in [2.75, 3.05) is 52.9 Å². The lowest BCUT2D eigenvalue weighted by atomic mass is 9.76. The van der Waals surface area contributed by atoms with Gasteiger partial charge in [0.05, 0.1) is 0 Å². The first-order valence-corrected chi connectivity index (χ1v) is 35.6. The molecule has 8 bridgehead atoms. The maximum absolute atomic E-state index is 12.8. The summed E-state index contributed by atoms with van der Waals surface area (Å²) in [6, 6.07) is 12.5. The third-order valence-electron chi connectivity index (χ3n) is 17.8. The van der Waals surface area contributed by atoms with Crippen molar-refractivity contribution in [2.45, 2.75) is 231 Å². The summed E-state index contributed by atoms with van der Waals surface area (Å²) in [5.74, 6) is -15.8. The van der Waals surface area contributed by atoms with Gasteiger partial charge in [0, 0.05) is 92.4 Å². The number of carboxylic acids is 8.